The molecule has 1 saturated carbocycles. The van der Waals surface area contributed by atoms with E-state index in [1.807, 2.05) is 12.1 Å². The van der Waals surface area contributed by atoms with Crippen LogP contribution in [0.3, 0.4) is 0 Å². The third-order valence-corrected chi connectivity index (χ3v) is 5.79. The number of hydrogen-bond donors (Lipinski definition) is 2. The van der Waals surface area contributed by atoms with Crippen molar-refractivity contribution in [3.05, 3.63) is 59.3 Å². The Morgan fingerprint density at radius 1 is 1.15 bits per heavy atom. The SMILES string of the molecule is CCNC(=NCc1ccnc(OCC2CC2)c1)NCc1ccccc1CN1CCOCC1.I. The van der Waals surface area contributed by atoms with Gasteiger partial charge < -0.3 is 20.1 Å². The van der Waals surface area contributed by atoms with E-state index in [1.54, 1.807) is 6.20 Å². The molecular formula is C25H36IN5O2. The van der Waals surface area contributed by atoms with Gasteiger partial charge in [-0.3, -0.25) is 4.90 Å². The predicted molar refractivity (Wildman–Crippen MR) is 142 cm³/mol. The summed E-state index contributed by atoms with van der Waals surface area (Å²) in [6.07, 6.45) is 4.35. The Labute approximate surface area is 214 Å². The average molecular weight is 566 g/mol. The molecule has 1 saturated heterocycles. The fraction of sp³-hybridized carbons (Fsp3) is 0.520. The summed E-state index contributed by atoms with van der Waals surface area (Å²) in [4.78, 5) is 11.6. The summed E-state index contributed by atoms with van der Waals surface area (Å²) in [5.74, 6) is 2.22. The standard InChI is InChI=1S/C25H35N5O2.HI/c1-2-26-25(28-16-21-9-10-27-24(15-21)32-19-20-7-8-20)29-17-22-5-3-4-6-23(22)18-30-11-13-31-14-12-30;/h3-6,9-10,15,20H,2,7-8,11-14,16-19H2,1H3,(H2,26,28,29);1H. The van der Waals surface area contributed by atoms with Gasteiger partial charge in [0, 0.05) is 45.0 Å². The lowest BCUT2D eigenvalue weighted by Gasteiger charge is -2.27. The van der Waals surface area contributed by atoms with Crippen LogP contribution in [-0.2, 0) is 24.4 Å². The number of hydrogen-bond acceptors (Lipinski definition) is 5. The minimum Gasteiger partial charge on any atom is -0.477 e. The Hall–Kier alpha value is -1.91. The van der Waals surface area contributed by atoms with E-state index < -0.39 is 0 Å². The van der Waals surface area contributed by atoms with Gasteiger partial charge in [-0.05, 0) is 48.4 Å². The molecule has 2 N–H and O–H groups in total. The molecule has 1 aliphatic carbocycles. The third-order valence-electron chi connectivity index (χ3n) is 5.79. The number of nitrogens with one attached hydrogen (secondary N) is 2. The minimum absolute atomic E-state index is 0. The summed E-state index contributed by atoms with van der Waals surface area (Å²) in [6, 6.07) is 12.6. The normalized spacial score (nSPS) is 16.7. The second-order valence-electron chi connectivity index (χ2n) is 8.46. The number of pyridine rings is 1. The zero-order chi connectivity index (χ0) is 22.0. The van der Waals surface area contributed by atoms with Gasteiger partial charge in [-0.2, -0.15) is 0 Å². The van der Waals surface area contributed by atoms with Crippen LogP contribution in [0.1, 0.15) is 36.5 Å². The van der Waals surface area contributed by atoms with Gasteiger partial charge in [0.05, 0.1) is 26.4 Å². The molecule has 0 radical (unpaired) electrons. The molecule has 8 heteroatoms. The van der Waals surface area contributed by atoms with E-state index in [1.165, 1.54) is 24.0 Å². The molecule has 180 valence electrons. The zero-order valence-electron chi connectivity index (χ0n) is 19.5. The molecule has 2 aromatic rings. The van der Waals surface area contributed by atoms with Crippen LogP contribution in [0.15, 0.2) is 47.6 Å². The molecule has 33 heavy (non-hydrogen) atoms. The lowest BCUT2D eigenvalue weighted by atomic mass is 10.1. The molecule has 1 aliphatic heterocycles. The Morgan fingerprint density at radius 2 is 1.94 bits per heavy atom. The van der Waals surface area contributed by atoms with E-state index in [-0.39, 0.29) is 24.0 Å². The minimum atomic E-state index is 0. The summed E-state index contributed by atoms with van der Waals surface area (Å²) in [7, 11) is 0. The maximum atomic E-state index is 5.80. The molecule has 4 rings (SSSR count). The topological polar surface area (TPSA) is 71.0 Å². The molecule has 7 nitrogen and oxygen atoms in total. The van der Waals surface area contributed by atoms with Crippen LogP contribution in [0, 0.1) is 5.92 Å². The Morgan fingerprint density at radius 3 is 2.70 bits per heavy atom. The van der Waals surface area contributed by atoms with Gasteiger partial charge in [0.25, 0.3) is 0 Å². The Kier molecular flexibility index (Phi) is 10.7. The smallest absolute Gasteiger partial charge is 0.213 e. The summed E-state index contributed by atoms with van der Waals surface area (Å²) in [5, 5.41) is 6.85. The van der Waals surface area contributed by atoms with E-state index in [9.17, 15) is 0 Å². The molecule has 1 aromatic carbocycles. The second-order valence-corrected chi connectivity index (χ2v) is 8.46. The fourth-order valence-corrected chi connectivity index (χ4v) is 3.69. The van der Waals surface area contributed by atoms with Crippen LogP contribution in [0.5, 0.6) is 5.88 Å². The lowest BCUT2D eigenvalue weighted by molar-refractivity contribution is 0.0341. The van der Waals surface area contributed by atoms with Crippen LogP contribution in [-0.4, -0.2) is 55.3 Å². The number of aromatic nitrogens is 1. The van der Waals surface area contributed by atoms with E-state index in [0.717, 1.165) is 64.1 Å². The zero-order valence-corrected chi connectivity index (χ0v) is 21.8. The second kappa shape index (κ2) is 13.7. The fourth-order valence-electron chi connectivity index (χ4n) is 3.69. The highest BCUT2D eigenvalue weighted by atomic mass is 127. The van der Waals surface area contributed by atoms with Gasteiger partial charge in [0.2, 0.25) is 5.88 Å². The highest BCUT2D eigenvalue weighted by Gasteiger charge is 2.22. The monoisotopic (exact) mass is 565 g/mol. The molecule has 0 unspecified atom stereocenters. The molecular weight excluding hydrogens is 529 g/mol. The lowest BCUT2D eigenvalue weighted by Crippen LogP contribution is -2.38. The highest BCUT2D eigenvalue weighted by molar-refractivity contribution is 14.0. The first-order valence-corrected chi connectivity index (χ1v) is 11.8. The van der Waals surface area contributed by atoms with Crippen LogP contribution in [0.2, 0.25) is 0 Å². The van der Waals surface area contributed by atoms with Crippen molar-refractivity contribution in [1.82, 2.24) is 20.5 Å². The van der Waals surface area contributed by atoms with E-state index >= 15 is 0 Å². The molecule has 2 fully saturated rings. The van der Waals surface area contributed by atoms with Crippen molar-refractivity contribution in [1.29, 1.82) is 0 Å². The summed E-state index contributed by atoms with van der Waals surface area (Å²) >= 11 is 0. The maximum absolute atomic E-state index is 5.80. The van der Waals surface area contributed by atoms with Crippen LogP contribution in [0.4, 0.5) is 0 Å². The predicted octanol–water partition coefficient (Wildman–Crippen LogP) is 3.58. The van der Waals surface area contributed by atoms with Crippen LogP contribution < -0.4 is 15.4 Å². The molecule has 2 heterocycles. The van der Waals surface area contributed by atoms with Gasteiger partial charge in [0.1, 0.15) is 0 Å². The number of benzene rings is 1. The van der Waals surface area contributed by atoms with Crippen molar-refractivity contribution in [3.63, 3.8) is 0 Å². The van der Waals surface area contributed by atoms with E-state index in [0.29, 0.717) is 18.3 Å². The van der Waals surface area contributed by atoms with Crippen LogP contribution >= 0.6 is 24.0 Å². The summed E-state index contributed by atoms with van der Waals surface area (Å²) < 4.78 is 11.3. The average Bonchev–Trinajstić information content (AvgIpc) is 3.66. The van der Waals surface area contributed by atoms with Gasteiger partial charge in [-0.1, -0.05) is 24.3 Å². The van der Waals surface area contributed by atoms with E-state index in [2.05, 4.69) is 51.7 Å². The molecule has 0 spiro atoms. The third kappa shape index (κ3) is 8.75. The van der Waals surface area contributed by atoms with Gasteiger partial charge >= 0.3 is 0 Å². The van der Waals surface area contributed by atoms with Crippen molar-refractivity contribution in [2.75, 3.05) is 39.5 Å². The number of morpholine rings is 1. The van der Waals surface area contributed by atoms with Crippen molar-refractivity contribution in [2.24, 2.45) is 10.9 Å². The van der Waals surface area contributed by atoms with Crippen molar-refractivity contribution in [3.8, 4) is 5.88 Å². The first-order valence-electron chi connectivity index (χ1n) is 11.8. The molecule has 0 bridgehead atoms. The number of nitrogens with zero attached hydrogens (tertiary/aromatic N) is 3. The number of halogens is 1. The molecule has 2 aliphatic rings. The Balaban J connectivity index is 0.00000306. The van der Waals surface area contributed by atoms with Crippen LogP contribution in [0.25, 0.3) is 0 Å². The van der Waals surface area contributed by atoms with Gasteiger partial charge in [0.15, 0.2) is 5.96 Å². The summed E-state index contributed by atoms with van der Waals surface area (Å²) in [5.41, 5.74) is 3.74. The largest absolute Gasteiger partial charge is 0.477 e. The molecule has 0 atom stereocenters. The maximum Gasteiger partial charge on any atom is 0.213 e. The summed E-state index contributed by atoms with van der Waals surface area (Å²) in [6.45, 7) is 9.55. The number of rotatable bonds is 10. The highest BCUT2D eigenvalue weighted by Crippen LogP contribution is 2.29. The first-order chi connectivity index (χ1) is 15.8. The number of guanidine groups is 1. The number of ether oxygens (including phenoxy) is 2. The first kappa shape index (κ1) is 25.7. The van der Waals surface area contributed by atoms with Crippen molar-refractivity contribution >= 4 is 29.9 Å². The van der Waals surface area contributed by atoms with Gasteiger partial charge in [-0.15, -0.1) is 24.0 Å². The van der Waals surface area contributed by atoms with E-state index in [4.69, 9.17) is 14.5 Å². The van der Waals surface area contributed by atoms with Gasteiger partial charge in [-0.25, -0.2) is 9.98 Å². The number of aliphatic imine (C=N–C) groups is 1. The molecule has 1 aromatic heterocycles. The van der Waals surface area contributed by atoms with Crippen molar-refractivity contribution in [2.45, 2.75) is 39.4 Å². The quantitative estimate of drug-likeness (QED) is 0.261. The van der Waals surface area contributed by atoms with Crippen molar-refractivity contribution < 1.29 is 9.47 Å². The molecule has 0 amide bonds. The Bertz CT molecular complexity index is 885.